The molecule has 0 atom stereocenters. The van der Waals surface area contributed by atoms with Crippen molar-refractivity contribution in [3.63, 3.8) is 0 Å². The van der Waals surface area contributed by atoms with Crippen molar-refractivity contribution in [3.05, 3.63) is 174 Å². The fraction of sp³-hybridized carbons (Fsp3) is 0.120. The molecule has 0 radical (unpaired) electrons. The van der Waals surface area contributed by atoms with Crippen LogP contribution in [0.15, 0.2) is 152 Å². The van der Waals surface area contributed by atoms with E-state index in [1.165, 1.54) is 71.9 Å². The number of para-hydroxylation sites is 2. The lowest BCUT2D eigenvalue weighted by Gasteiger charge is -2.22. The lowest BCUT2D eigenvalue weighted by atomic mass is 9.81. The number of aromatic nitrogens is 3. The van der Waals surface area contributed by atoms with Crippen molar-refractivity contribution in [1.29, 1.82) is 0 Å². The van der Waals surface area contributed by atoms with Gasteiger partial charge in [0.05, 0.1) is 22.2 Å². The topological polar surface area (TPSA) is 30.7 Å². The Kier molecular flexibility index (Phi) is 6.07. The lowest BCUT2D eigenvalue weighted by molar-refractivity contribution is 0.660. The molecule has 0 fully saturated rings. The van der Waals surface area contributed by atoms with Crippen LogP contribution in [0.25, 0.3) is 83.3 Å². The minimum atomic E-state index is -0.114. The summed E-state index contributed by atoms with van der Waals surface area (Å²) in [7, 11) is 0. The molecule has 0 unspecified atom stereocenters. The largest absolute Gasteiger partial charge is 0.277 e. The van der Waals surface area contributed by atoms with Gasteiger partial charge in [-0.2, -0.15) is 0 Å². The molecule has 2 aliphatic carbocycles. The minimum absolute atomic E-state index is 0.0388. The fourth-order valence-corrected chi connectivity index (χ4v) is 9.54. The highest BCUT2D eigenvalue weighted by Crippen LogP contribution is 2.53. The smallest absolute Gasteiger partial charge is 0.235 e. The van der Waals surface area contributed by atoms with Gasteiger partial charge in [-0.1, -0.05) is 161 Å². The maximum Gasteiger partial charge on any atom is 0.235 e. The summed E-state index contributed by atoms with van der Waals surface area (Å²) in [5.41, 5.74) is 18.2. The molecule has 252 valence electrons. The minimum Gasteiger partial charge on any atom is -0.277 e. The van der Waals surface area contributed by atoms with Gasteiger partial charge in [-0.05, 0) is 68.3 Å². The Bertz CT molecular complexity index is 3000. The van der Waals surface area contributed by atoms with Gasteiger partial charge in [-0.3, -0.25) is 4.57 Å². The first-order valence-electron chi connectivity index (χ1n) is 18.6. The van der Waals surface area contributed by atoms with Crippen LogP contribution < -0.4 is 0 Å². The molecule has 2 aliphatic rings. The highest BCUT2D eigenvalue weighted by Gasteiger charge is 2.38. The number of benzene rings is 7. The van der Waals surface area contributed by atoms with Crippen molar-refractivity contribution in [2.75, 3.05) is 0 Å². The lowest BCUT2D eigenvalue weighted by Crippen LogP contribution is -2.14. The van der Waals surface area contributed by atoms with E-state index in [1.54, 1.807) is 0 Å². The first-order valence-corrected chi connectivity index (χ1v) is 18.6. The van der Waals surface area contributed by atoms with Crippen LogP contribution in [0.2, 0.25) is 0 Å². The van der Waals surface area contributed by atoms with E-state index in [-0.39, 0.29) is 10.8 Å². The third-order valence-corrected chi connectivity index (χ3v) is 12.2. The van der Waals surface area contributed by atoms with Crippen molar-refractivity contribution in [1.82, 2.24) is 14.5 Å². The van der Waals surface area contributed by atoms with Crippen LogP contribution in [0, 0.1) is 0 Å². The Balaban J connectivity index is 1.10. The van der Waals surface area contributed by atoms with E-state index in [4.69, 9.17) is 9.97 Å². The van der Waals surface area contributed by atoms with E-state index < -0.39 is 0 Å². The van der Waals surface area contributed by atoms with Crippen molar-refractivity contribution < 1.29 is 0 Å². The summed E-state index contributed by atoms with van der Waals surface area (Å²) in [5.74, 6) is 0.685. The highest BCUT2D eigenvalue weighted by molar-refractivity contribution is 6.15. The van der Waals surface area contributed by atoms with E-state index in [1.807, 2.05) is 0 Å². The Hall–Kier alpha value is -6.32. The summed E-state index contributed by atoms with van der Waals surface area (Å²) < 4.78 is 2.32. The summed E-state index contributed by atoms with van der Waals surface area (Å²) >= 11 is 0. The van der Waals surface area contributed by atoms with Gasteiger partial charge >= 0.3 is 0 Å². The SMILES string of the molecule is CC1(C)c2ccccc2-c2ccc(-c3ccc(-c4nc(-n5c6ccccc6c6ccc7c(c65)-c5ccccc5C7(C)C)nc5ccccc45)cc3)cc21. The molecule has 2 heterocycles. The van der Waals surface area contributed by atoms with Crippen LogP contribution in [0.5, 0.6) is 0 Å². The van der Waals surface area contributed by atoms with Gasteiger partial charge in [0.2, 0.25) is 5.95 Å². The Labute approximate surface area is 309 Å². The molecular weight excluding hydrogens is 643 g/mol. The Morgan fingerprint density at radius 2 is 1.04 bits per heavy atom. The summed E-state index contributed by atoms with van der Waals surface area (Å²) in [6, 6.07) is 55.3. The van der Waals surface area contributed by atoms with Gasteiger partial charge < -0.3 is 0 Å². The quantitative estimate of drug-likeness (QED) is 0.186. The predicted molar refractivity (Wildman–Crippen MR) is 220 cm³/mol. The summed E-state index contributed by atoms with van der Waals surface area (Å²) in [6.07, 6.45) is 0. The van der Waals surface area contributed by atoms with E-state index in [0.717, 1.165) is 27.7 Å². The van der Waals surface area contributed by atoms with Gasteiger partial charge in [0.1, 0.15) is 0 Å². The van der Waals surface area contributed by atoms with Gasteiger partial charge in [0.25, 0.3) is 0 Å². The zero-order chi connectivity index (χ0) is 35.6. The first-order chi connectivity index (χ1) is 25.8. The van der Waals surface area contributed by atoms with Gasteiger partial charge in [-0.25, -0.2) is 9.97 Å². The standard InChI is InChI=1S/C50H37N3/c1-49(2)40-18-10-6-15-37(40)45-41(49)28-27-36-35-14-8-12-20-44(35)53(47(36)45)48-51-43-19-11-7-16-38(43)46(52-48)31-23-21-30(22-24-31)32-25-26-34-33-13-5-9-17-39(33)50(3,4)42(34)29-32/h5-29H,1-4H3. The van der Waals surface area contributed by atoms with Crippen molar-refractivity contribution in [2.45, 2.75) is 38.5 Å². The Morgan fingerprint density at radius 3 is 1.85 bits per heavy atom. The van der Waals surface area contributed by atoms with Crippen LogP contribution in [-0.2, 0) is 10.8 Å². The second kappa shape index (κ2) is 10.6. The molecule has 9 aromatic rings. The maximum absolute atomic E-state index is 5.48. The van der Waals surface area contributed by atoms with Gasteiger partial charge in [0, 0.05) is 38.1 Å². The van der Waals surface area contributed by atoms with Gasteiger partial charge in [0.15, 0.2) is 0 Å². The molecule has 0 N–H and O–H groups in total. The van der Waals surface area contributed by atoms with Crippen LogP contribution >= 0.6 is 0 Å². The van der Waals surface area contributed by atoms with E-state index >= 15 is 0 Å². The number of rotatable bonds is 3. The molecular formula is C50H37N3. The summed E-state index contributed by atoms with van der Waals surface area (Å²) in [4.78, 5) is 10.8. The maximum atomic E-state index is 5.48. The molecule has 7 aromatic carbocycles. The average Bonchev–Trinajstić information content (AvgIpc) is 3.74. The molecule has 0 saturated carbocycles. The van der Waals surface area contributed by atoms with Crippen LogP contribution in [0.1, 0.15) is 49.9 Å². The molecule has 3 nitrogen and oxygen atoms in total. The molecule has 11 rings (SSSR count). The predicted octanol–water partition coefficient (Wildman–Crippen LogP) is 12.7. The summed E-state index contributed by atoms with van der Waals surface area (Å²) in [5, 5.41) is 3.46. The van der Waals surface area contributed by atoms with Crippen LogP contribution in [0.4, 0.5) is 0 Å². The fourth-order valence-electron chi connectivity index (χ4n) is 9.54. The number of fused-ring (bicyclic) bond motifs is 11. The zero-order valence-electron chi connectivity index (χ0n) is 30.3. The third-order valence-electron chi connectivity index (χ3n) is 12.2. The Morgan fingerprint density at radius 1 is 0.434 bits per heavy atom. The first kappa shape index (κ1) is 30.3. The molecule has 0 aliphatic heterocycles. The molecule has 0 amide bonds. The third kappa shape index (κ3) is 4.11. The molecule has 0 spiro atoms. The number of hydrogen-bond acceptors (Lipinski definition) is 2. The monoisotopic (exact) mass is 679 g/mol. The van der Waals surface area contributed by atoms with Crippen LogP contribution in [-0.4, -0.2) is 14.5 Å². The average molecular weight is 680 g/mol. The van der Waals surface area contributed by atoms with Crippen molar-refractivity contribution in [3.8, 4) is 50.6 Å². The van der Waals surface area contributed by atoms with E-state index in [0.29, 0.717) is 5.95 Å². The second-order valence-electron chi connectivity index (χ2n) is 15.8. The normalized spacial score (nSPS) is 14.7. The van der Waals surface area contributed by atoms with E-state index in [9.17, 15) is 0 Å². The number of nitrogens with zero attached hydrogens (tertiary/aromatic N) is 3. The van der Waals surface area contributed by atoms with Crippen LogP contribution in [0.3, 0.4) is 0 Å². The highest BCUT2D eigenvalue weighted by atomic mass is 15.2. The van der Waals surface area contributed by atoms with Crippen molar-refractivity contribution >= 4 is 32.7 Å². The van der Waals surface area contributed by atoms with Crippen molar-refractivity contribution in [2.24, 2.45) is 0 Å². The molecule has 3 heteroatoms. The molecule has 2 aromatic heterocycles. The molecule has 0 bridgehead atoms. The molecule has 53 heavy (non-hydrogen) atoms. The van der Waals surface area contributed by atoms with E-state index in [2.05, 4.69) is 184 Å². The number of hydrogen-bond donors (Lipinski definition) is 0. The zero-order valence-corrected chi connectivity index (χ0v) is 30.3. The molecule has 0 saturated heterocycles. The summed E-state index contributed by atoms with van der Waals surface area (Å²) in [6.45, 7) is 9.36. The van der Waals surface area contributed by atoms with Gasteiger partial charge in [-0.15, -0.1) is 0 Å². The second-order valence-corrected chi connectivity index (χ2v) is 15.8.